The highest BCUT2D eigenvalue weighted by molar-refractivity contribution is 7.89. The summed E-state index contributed by atoms with van der Waals surface area (Å²) in [4.78, 5) is 0.322. The Bertz CT molecular complexity index is 522. The lowest BCUT2D eigenvalue weighted by Crippen LogP contribution is -2.27. The van der Waals surface area contributed by atoms with E-state index in [1.807, 2.05) is 19.2 Å². The summed E-state index contributed by atoms with van der Waals surface area (Å²) in [6, 6.07) is 7.07. The molecule has 0 aliphatic carbocycles. The molecule has 0 radical (unpaired) electrons. The van der Waals surface area contributed by atoms with Crippen molar-refractivity contribution in [1.82, 2.24) is 10.0 Å². The molecule has 0 bridgehead atoms. The van der Waals surface area contributed by atoms with Crippen molar-refractivity contribution in [2.75, 3.05) is 26.7 Å². The van der Waals surface area contributed by atoms with Crippen molar-refractivity contribution in [3.05, 3.63) is 29.8 Å². The molecule has 2 N–H and O–H groups in total. The van der Waals surface area contributed by atoms with Gasteiger partial charge in [0.05, 0.1) is 11.0 Å². The summed E-state index contributed by atoms with van der Waals surface area (Å²) in [5.74, 6) is 0. The molecule has 1 heterocycles. The van der Waals surface area contributed by atoms with Gasteiger partial charge in [-0.1, -0.05) is 12.1 Å². The molecule has 0 amide bonds. The summed E-state index contributed by atoms with van der Waals surface area (Å²) >= 11 is 0. The molecule has 1 aliphatic heterocycles. The van der Waals surface area contributed by atoms with Gasteiger partial charge < -0.3 is 10.1 Å². The van der Waals surface area contributed by atoms with E-state index >= 15 is 0 Å². The molecule has 1 aromatic rings. The molecule has 21 heavy (non-hydrogen) atoms. The molecule has 1 fully saturated rings. The zero-order valence-electron chi connectivity index (χ0n) is 12.5. The van der Waals surface area contributed by atoms with E-state index < -0.39 is 10.0 Å². The van der Waals surface area contributed by atoms with Crippen molar-refractivity contribution >= 4 is 10.0 Å². The number of rotatable bonds is 8. The van der Waals surface area contributed by atoms with E-state index in [4.69, 9.17) is 4.74 Å². The highest BCUT2D eigenvalue weighted by Gasteiger charge is 2.18. The largest absolute Gasteiger partial charge is 0.378 e. The van der Waals surface area contributed by atoms with Gasteiger partial charge in [-0.3, -0.25) is 0 Å². The Hall–Kier alpha value is -0.950. The van der Waals surface area contributed by atoms with Crippen molar-refractivity contribution < 1.29 is 13.2 Å². The molecule has 1 aromatic carbocycles. The van der Waals surface area contributed by atoms with E-state index in [1.165, 1.54) is 0 Å². The highest BCUT2D eigenvalue weighted by Crippen LogP contribution is 2.15. The monoisotopic (exact) mass is 312 g/mol. The van der Waals surface area contributed by atoms with E-state index in [0.29, 0.717) is 11.4 Å². The number of ether oxygens (including phenoxy) is 1. The Morgan fingerprint density at radius 3 is 2.62 bits per heavy atom. The lowest BCUT2D eigenvalue weighted by Gasteiger charge is -2.11. The summed E-state index contributed by atoms with van der Waals surface area (Å²) in [6.07, 6.45) is 3.94. The lowest BCUT2D eigenvalue weighted by atomic mass is 10.1. The average molecular weight is 312 g/mol. The number of benzene rings is 1. The van der Waals surface area contributed by atoms with E-state index in [9.17, 15) is 8.42 Å². The Kier molecular flexibility index (Phi) is 6.17. The normalized spacial score (nSPS) is 19.0. The molecule has 5 nitrogen and oxygen atoms in total. The second-order valence-corrected chi connectivity index (χ2v) is 7.09. The number of nitrogens with one attached hydrogen (secondary N) is 2. The molecule has 2 rings (SSSR count). The first-order valence-corrected chi connectivity index (χ1v) is 8.95. The molecular formula is C15H24N2O3S. The molecule has 1 aliphatic rings. The van der Waals surface area contributed by atoms with Crippen LogP contribution in [0.1, 0.15) is 24.8 Å². The van der Waals surface area contributed by atoms with Crippen LogP contribution >= 0.6 is 0 Å². The van der Waals surface area contributed by atoms with Crippen molar-refractivity contribution in [1.29, 1.82) is 0 Å². The Morgan fingerprint density at radius 1 is 1.24 bits per heavy atom. The van der Waals surface area contributed by atoms with Crippen LogP contribution in [0.3, 0.4) is 0 Å². The van der Waals surface area contributed by atoms with Crippen LogP contribution in [0.25, 0.3) is 0 Å². The van der Waals surface area contributed by atoms with Gasteiger partial charge in [-0.15, -0.1) is 0 Å². The Morgan fingerprint density at radius 2 is 2.00 bits per heavy atom. The number of sulfonamides is 1. The van der Waals surface area contributed by atoms with Gasteiger partial charge in [0.25, 0.3) is 0 Å². The first-order valence-electron chi connectivity index (χ1n) is 7.46. The van der Waals surface area contributed by atoms with Crippen LogP contribution < -0.4 is 10.0 Å². The van der Waals surface area contributed by atoms with Gasteiger partial charge in [0.1, 0.15) is 0 Å². The average Bonchev–Trinajstić information content (AvgIpc) is 2.98. The second-order valence-electron chi connectivity index (χ2n) is 5.32. The van der Waals surface area contributed by atoms with Crippen molar-refractivity contribution in [2.45, 2.75) is 36.7 Å². The third kappa shape index (κ3) is 5.07. The number of hydrogen-bond acceptors (Lipinski definition) is 4. The van der Waals surface area contributed by atoms with Crippen LogP contribution in [0.2, 0.25) is 0 Å². The van der Waals surface area contributed by atoms with Crippen LogP contribution in [0, 0.1) is 0 Å². The SMILES string of the molecule is CNCCc1ccc(S(=O)(=O)NCCC2CCCO2)cc1. The quantitative estimate of drug-likeness (QED) is 0.759. The van der Waals surface area contributed by atoms with Crippen LogP contribution in [0.4, 0.5) is 0 Å². The third-order valence-electron chi connectivity index (χ3n) is 3.68. The smallest absolute Gasteiger partial charge is 0.240 e. The van der Waals surface area contributed by atoms with Crippen LogP contribution in [0.15, 0.2) is 29.2 Å². The molecule has 1 saturated heterocycles. The van der Waals surface area contributed by atoms with E-state index in [2.05, 4.69) is 10.0 Å². The van der Waals surface area contributed by atoms with Crippen LogP contribution in [-0.4, -0.2) is 41.3 Å². The second kappa shape index (κ2) is 7.89. The minimum absolute atomic E-state index is 0.205. The predicted octanol–water partition coefficient (Wildman–Crippen LogP) is 1.30. The zero-order chi connectivity index (χ0) is 15.1. The fourth-order valence-electron chi connectivity index (χ4n) is 2.41. The minimum atomic E-state index is -3.41. The van der Waals surface area contributed by atoms with E-state index in [0.717, 1.165) is 44.4 Å². The molecule has 0 aromatic heterocycles. The fraction of sp³-hybridized carbons (Fsp3) is 0.600. The molecule has 118 valence electrons. The molecule has 0 saturated carbocycles. The number of hydrogen-bond donors (Lipinski definition) is 2. The standard InChI is InChI=1S/C15H24N2O3S/c1-16-10-8-13-4-6-15(7-5-13)21(18,19)17-11-9-14-3-2-12-20-14/h4-7,14,16-17H,2-3,8-12H2,1H3. The van der Waals surface area contributed by atoms with Gasteiger partial charge in [-0.05, 0) is 57.0 Å². The molecule has 1 atom stereocenters. The zero-order valence-corrected chi connectivity index (χ0v) is 13.3. The van der Waals surface area contributed by atoms with Gasteiger partial charge in [-0.25, -0.2) is 13.1 Å². The van der Waals surface area contributed by atoms with E-state index in [-0.39, 0.29) is 6.10 Å². The van der Waals surface area contributed by atoms with Crippen LogP contribution in [0.5, 0.6) is 0 Å². The fourth-order valence-corrected chi connectivity index (χ4v) is 3.46. The minimum Gasteiger partial charge on any atom is -0.378 e. The van der Waals surface area contributed by atoms with Gasteiger partial charge >= 0.3 is 0 Å². The highest BCUT2D eigenvalue weighted by atomic mass is 32.2. The summed E-state index contributed by atoms with van der Waals surface area (Å²) in [7, 11) is -1.51. The molecule has 0 spiro atoms. The number of likely N-dealkylation sites (N-methyl/N-ethyl adjacent to an activating group) is 1. The Balaban J connectivity index is 1.85. The van der Waals surface area contributed by atoms with Crippen molar-refractivity contribution in [3.63, 3.8) is 0 Å². The van der Waals surface area contributed by atoms with Crippen molar-refractivity contribution in [3.8, 4) is 0 Å². The first-order chi connectivity index (χ1) is 10.1. The van der Waals surface area contributed by atoms with Crippen LogP contribution in [-0.2, 0) is 21.2 Å². The maximum atomic E-state index is 12.2. The summed E-state index contributed by atoms with van der Waals surface area (Å²) in [5.41, 5.74) is 1.13. The predicted molar refractivity (Wildman–Crippen MR) is 82.9 cm³/mol. The molecular weight excluding hydrogens is 288 g/mol. The van der Waals surface area contributed by atoms with Gasteiger partial charge in [0, 0.05) is 13.2 Å². The maximum absolute atomic E-state index is 12.2. The molecule has 6 heteroatoms. The Labute approximate surface area is 127 Å². The topological polar surface area (TPSA) is 67.4 Å². The van der Waals surface area contributed by atoms with Gasteiger partial charge in [-0.2, -0.15) is 0 Å². The van der Waals surface area contributed by atoms with Crippen molar-refractivity contribution in [2.24, 2.45) is 0 Å². The maximum Gasteiger partial charge on any atom is 0.240 e. The lowest BCUT2D eigenvalue weighted by molar-refractivity contribution is 0.105. The molecule has 1 unspecified atom stereocenters. The summed E-state index contributed by atoms with van der Waals surface area (Å²) in [6.45, 7) is 2.10. The third-order valence-corrected chi connectivity index (χ3v) is 5.16. The van der Waals surface area contributed by atoms with E-state index in [1.54, 1.807) is 12.1 Å². The first kappa shape index (κ1) is 16.4. The summed E-state index contributed by atoms with van der Waals surface area (Å²) < 4.78 is 32.5. The summed E-state index contributed by atoms with van der Waals surface area (Å²) in [5, 5.41) is 3.07. The van der Waals surface area contributed by atoms with Gasteiger partial charge in [0.2, 0.25) is 10.0 Å². The van der Waals surface area contributed by atoms with Gasteiger partial charge in [0.15, 0.2) is 0 Å².